The second-order valence-electron chi connectivity index (χ2n) is 8.26. The van der Waals surface area contributed by atoms with Crippen LogP contribution in [0.25, 0.3) is 0 Å². The molecule has 1 saturated heterocycles. The number of anilines is 2. The third-order valence-electron chi connectivity index (χ3n) is 5.80. The monoisotopic (exact) mass is 544 g/mol. The lowest BCUT2D eigenvalue weighted by Crippen LogP contribution is -2.38. The van der Waals surface area contributed by atoms with Gasteiger partial charge in [-0.25, -0.2) is 16.8 Å². The summed E-state index contributed by atoms with van der Waals surface area (Å²) in [5.41, 5.74) is -0.206. The Bertz CT molecular complexity index is 1500. The normalized spacial score (nSPS) is 14.3. The van der Waals surface area contributed by atoms with E-state index >= 15 is 0 Å². The highest BCUT2D eigenvalue weighted by atomic mass is 32.2. The number of amides is 1. The van der Waals surface area contributed by atoms with Crippen molar-refractivity contribution in [2.24, 2.45) is 0 Å². The van der Waals surface area contributed by atoms with Crippen molar-refractivity contribution in [2.45, 2.75) is 22.6 Å². The van der Waals surface area contributed by atoms with E-state index in [1.54, 1.807) is 18.2 Å². The van der Waals surface area contributed by atoms with Gasteiger partial charge in [0.2, 0.25) is 15.9 Å². The number of rotatable bonds is 9. The van der Waals surface area contributed by atoms with Crippen molar-refractivity contribution in [3.8, 4) is 0 Å². The zero-order valence-corrected chi connectivity index (χ0v) is 21.2. The molecule has 1 amide bonds. The largest absolute Gasteiger partial charge is 0.325 e. The molecule has 1 N–H and O–H groups in total. The molecule has 0 atom stereocenters. The first-order valence-electron chi connectivity index (χ1n) is 11.3. The topological polar surface area (TPSA) is 147 Å². The van der Waals surface area contributed by atoms with E-state index in [1.165, 1.54) is 52.8 Å². The van der Waals surface area contributed by atoms with Crippen LogP contribution in [-0.2, 0) is 24.8 Å². The number of para-hydroxylation sites is 2. The molecule has 11 nitrogen and oxygen atoms in total. The van der Waals surface area contributed by atoms with Crippen molar-refractivity contribution in [2.75, 3.05) is 29.3 Å². The second kappa shape index (κ2) is 10.7. The minimum atomic E-state index is -4.51. The predicted octanol–water partition coefficient (Wildman–Crippen LogP) is 3.21. The summed E-state index contributed by atoms with van der Waals surface area (Å²) in [5.74, 6) is -0.721. The number of hydrogen-bond acceptors (Lipinski definition) is 7. The molecule has 1 heterocycles. The van der Waals surface area contributed by atoms with E-state index < -0.39 is 48.0 Å². The second-order valence-corrected chi connectivity index (χ2v) is 12.0. The van der Waals surface area contributed by atoms with E-state index in [4.69, 9.17) is 0 Å². The van der Waals surface area contributed by atoms with Crippen LogP contribution in [-0.4, -0.2) is 51.6 Å². The molecule has 194 valence electrons. The lowest BCUT2D eigenvalue weighted by atomic mass is 10.3. The van der Waals surface area contributed by atoms with Crippen molar-refractivity contribution in [1.29, 1.82) is 0 Å². The fourth-order valence-electron chi connectivity index (χ4n) is 3.97. The van der Waals surface area contributed by atoms with Gasteiger partial charge in [0.1, 0.15) is 6.54 Å². The molecule has 0 unspecified atom stereocenters. The molecule has 1 aliphatic heterocycles. The van der Waals surface area contributed by atoms with Crippen LogP contribution in [0.5, 0.6) is 0 Å². The van der Waals surface area contributed by atoms with Gasteiger partial charge < -0.3 is 5.32 Å². The Morgan fingerprint density at radius 1 is 0.892 bits per heavy atom. The first-order valence-corrected chi connectivity index (χ1v) is 14.2. The van der Waals surface area contributed by atoms with Gasteiger partial charge in [-0.05, 0) is 55.3 Å². The van der Waals surface area contributed by atoms with Gasteiger partial charge in [-0.1, -0.05) is 30.3 Å². The number of hydrogen-bond donors (Lipinski definition) is 1. The van der Waals surface area contributed by atoms with E-state index in [0.29, 0.717) is 13.1 Å². The summed E-state index contributed by atoms with van der Waals surface area (Å²) in [5, 5.41) is 14.0. The van der Waals surface area contributed by atoms with E-state index in [0.717, 1.165) is 29.3 Å². The first kappa shape index (κ1) is 26.3. The average molecular weight is 545 g/mol. The number of nitrogens with zero attached hydrogens (tertiary/aromatic N) is 3. The van der Waals surface area contributed by atoms with Crippen molar-refractivity contribution in [1.82, 2.24) is 4.31 Å². The summed E-state index contributed by atoms with van der Waals surface area (Å²) < 4.78 is 54.6. The molecule has 4 rings (SSSR count). The fourth-order valence-corrected chi connectivity index (χ4v) is 7.07. The zero-order valence-electron chi connectivity index (χ0n) is 19.6. The summed E-state index contributed by atoms with van der Waals surface area (Å²) >= 11 is 0. The highest BCUT2D eigenvalue weighted by Gasteiger charge is 2.33. The van der Waals surface area contributed by atoms with Crippen LogP contribution >= 0.6 is 0 Å². The number of nitrogens with one attached hydrogen (secondary N) is 1. The number of benzene rings is 3. The molecule has 1 aliphatic rings. The Morgan fingerprint density at radius 2 is 1.49 bits per heavy atom. The number of nitro benzene ring substituents is 1. The maximum atomic E-state index is 13.5. The minimum absolute atomic E-state index is 0.0947. The molecule has 0 aromatic heterocycles. The lowest BCUT2D eigenvalue weighted by molar-refractivity contribution is -0.387. The van der Waals surface area contributed by atoms with Gasteiger partial charge in [0.15, 0.2) is 4.90 Å². The SMILES string of the molecule is O=C(CN(c1ccccc1)S(=O)(=O)c1ccccc1[N+](=O)[O-])Nc1ccc(S(=O)(=O)N2CCCC2)cc1. The summed E-state index contributed by atoms with van der Waals surface area (Å²) in [6, 6.07) is 18.3. The van der Waals surface area contributed by atoms with Crippen molar-refractivity contribution >= 4 is 43.0 Å². The van der Waals surface area contributed by atoms with E-state index in [-0.39, 0.29) is 16.3 Å². The Kier molecular flexibility index (Phi) is 7.57. The Balaban J connectivity index is 1.58. The van der Waals surface area contributed by atoms with Crippen LogP contribution < -0.4 is 9.62 Å². The molecule has 37 heavy (non-hydrogen) atoms. The smallest absolute Gasteiger partial charge is 0.289 e. The van der Waals surface area contributed by atoms with Gasteiger partial charge in [-0.15, -0.1) is 0 Å². The summed E-state index contributed by atoms with van der Waals surface area (Å²) in [6.07, 6.45) is 1.61. The Labute approximate surface area is 214 Å². The van der Waals surface area contributed by atoms with Gasteiger partial charge in [0.25, 0.3) is 15.7 Å². The Hall–Kier alpha value is -3.81. The molecule has 0 spiro atoms. The molecule has 0 saturated carbocycles. The summed E-state index contributed by atoms with van der Waals surface area (Å²) in [6.45, 7) is 0.251. The lowest BCUT2D eigenvalue weighted by Gasteiger charge is -2.24. The zero-order chi connectivity index (χ0) is 26.6. The average Bonchev–Trinajstić information content (AvgIpc) is 3.44. The van der Waals surface area contributed by atoms with E-state index in [9.17, 15) is 31.7 Å². The maximum absolute atomic E-state index is 13.5. The predicted molar refractivity (Wildman–Crippen MR) is 137 cm³/mol. The van der Waals surface area contributed by atoms with Crippen molar-refractivity contribution in [3.05, 3.63) is 89.0 Å². The Morgan fingerprint density at radius 3 is 2.11 bits per heavy atom. The van der Waals surface area contributed by atoms with Crippen molar-refractivity contribution < 1.29 is 26.6 Å². The van der Waals surface area contributed by atoms with Gasteiger partial charge in [-0.2, -0.15) is 4.31 Å². The van der Waals surface area contributed by atoms with Gasteiger partial charge in [0, 0.05) is 24.8 Å². The van der Waals surface area contributed by atoms with Crippen LogP contribution in [0.15, 0.2) is 88.7 Å². The van der Waals surface area contributed by atoms with E-state index in [2.05, 4.69) is 5.32 Å². The maximum Gasteiger partial charge on any atom is 0.289 e. The van der Waals surface area contributed by atoms with Gasteiger partial charge >= 0.3 is 0 Å². The molecular weight excluding hydrogens is 520 g/mol. The number of sulfonamides is 2. The molecule has 13 heteroatoms. The molecule has 0 aliphatic carbocycles. The van der Waals surface area contributed by atoms with Crippen LogP contribution in [0, 0.1) is 10.1 Å². The third-order valence-corrected chi connectivity index (χ3v) is 9.54. The molecular formula is C24H24N4O7S2. The van der Waals surface area contributed by atoms with Crippen LogP contribution in [0.1, 0.15) is 12.8 Å². The molecule has 0 radical (unpaired) electrons. The number of carbonyl (C=O) groups excluding carboxylic acids is 1. The van der Waals surface area contributed by atoms with Crippen LogP contribution in [0.4, 0.5) is 17.1 Å². The molecule has 3 aromatic rings. The number of nitro groups is 1. The summed E-state index contributed by atoms with van der Waals surface area (Å²) in [4.78, 5) is 23.1. The van der Waals surface area contributed by atoms with Crippen LogP contribution in [0.3, 0.4) is 0 Å². The van der Waals surface area contributed by atoms with E-state index in [1.807, 2.05) is 0 Å². The van der Waals surface area contributed by atoms with Gasteiger partial charge in [-0.3, -0.25) is 19.2 Å². The fraction of sp³-hybridized carbons (Fsp3) is 0.208. The molecule has 3 aromatic carbocycles. The van der Waals surface area contributed by atoms with Crippen molar-refractivity contribution in [3.63, 3.8) is 0 Å². The van der Waals surface area contributed by atoms with Gasteiger partial charge in [0.05, 0.1) is 15.5 Å². The highest BCUT2D eigenvalue weighted by Crippen LogP contribution is 2.30. The van der Waals surface area contributed by atoms with Crippen LogP contribution in [0.2, 0.25) is 0 Å². The number of carbonyl (C=O) groups is 1. The quantitative estimate of drug-likeness (QED) is 0.321. The first-order chi connectivity index (χ1) is 17.6. The molecule has 0 bridgehead atoms. The standard InChI is InChI=1S/C24H24N4O7S2/c29-24(25-19-12-14-21(15-13-19)36(32,33)26-16-6-7-17-26)18-27(20-8-2-1-3-9-20)37(34,35)23-11-5-4-10-22(23)28(30)31/h1-5,8-15H,6-7,16-18H2,(H,25,29). The minimum Gasteiger partial charge on any atom is -0.325 e. The third kappa shape index (κ3) is 5.63. The highest BCUT2D eigenvalue weighted by molar-refractivity contribution is 7.93. The molecule has 1 fully saturated rings. The summed E-state index contributed by atoms with van der Waals surface area (Å²) in [7, 11) is -8.13.